The van der Waals surface area contributed by atoms with E-state index in [2.05, 4.69) is 4.98 Å². The highest BCUT2D eigenvalue weighted by atomic mass is 32.1. The first-order valence-corrected chi connectivity index (χ1v) is 5.57. The summed E-state index contributed by atoms with van der Waals surface area (Å²) in [5, 5.41) is 9.72. The molecule has 0 fully saturated rings. The minimum absolute atomic E-state index is 0.00504. The van der Waals surface area contributed by atoms with Crippen LogP contribution in [0.15, 0.2) is 30.5 Å². The van der Waals surface area contributed by atoms with E-state index in [4.69, 9.17) is 5.11 Å². The van der Waals surface area contributed by atoms with Crippen molar-refractivity contribution in [3.63, 3.8) is 0 Å². The van der Waals surface area contributed by atoms with Gasteiger partial charge in [-0.15, -0.1) is 0 Å². The number of rotatable bonds is 3. The second-order valence-electron chi connectivity index (χ2n) is 3.30. The molecule has 1 N–H and O–H groups in total. The van der Waals surface area contributed by atoms with Crippen molar-refractivity contribution in [2.45, 2.75) is 6.61 Å². The van der Waals surface area contributed by atoms with Gasteiger partial charge in [-0.2, -0.15) is 0 Å². The molecule has 1 aromatic heterocycles. The highest BCUT2D eigenvalue weighted by Gasteiger charge is 2.08. The zero-order chi connectivity index (χ0) is 11.5. The van der Waals surface area contributed by atoms with Gasteiger partial charge in [-0.05, 0) is 24.3 Å². The van der Waals surface area contributed by atoms with E-state index in [1.807, 2.05) is 11.9 Å². The Morgan fingerprint density at radius 3 is 2.62 bits per heavy atom. The van der Waals surface area contributed by atoms with Crippen LogP contribution in [0.2, 0.25) is 0 Å². The third-order valence-electron chi connectivity index (χ3n) is 2.20. The maximum absolute atomic E-state index is 12.7. The lowest BCUT2D eigenvalue weighted by molar-refractivity contribution is 0.285. The Morgan fingerprint density at radius 2 is 2.06 bits per heavy atom. The van der Waals surface area contributed by atoms with E-state index < -0.39 is 0 Å². The summed E-state index contributed by atoms with van der Waals surface area (Å²) >= 11 is 1.41. The van der Waals surface area contributed by atoms with Crippen molar-refractivity contribution in [2.24, 2.45) is 0 Å². The molecule has 0 spiro atoms. The Kier molecular flexibility index (Phi) is 3.17. The molecule has 1 heterocycles. The fourth-order valence-electron chi connectivity index (χ4n) is 1.30. The molecule has 16 heavy (non-hydrogen) atoms. The second-order valence-corrected chi connectivity index (χ2v) is 4.40. The molecule has 0 amide bonds. The number of halogens is 1. The van der Waals surface area contributed by atoms with E-state index in [0.29, 0.717) is 0 Å². The summed E-state index contributed by atoms with van der Waals surface area (Å²) in [5.74, 6) is -0.257. The molecule has 0 radical (unpaired) electrons. The van der Waals surface area contributed by atoms with Crippen LogP contribution in [0.3, 0.4) is 0 Å². The standard InChI is InChI=1S/C11H11FN2OS/c1-14(9-4-2-8(12)3-5-9)11-13-6-10(7-15)16-11/h2-6,15H,7H2,1H3. The number of thiazole rings is 1. The molecule has 1 aromatic carbocycles. The van der Waals surface area contributed by atoms with Crippen LogP contribution in [0.25, 0.3) is 0 Å². The number of hydrogen-bond acceptors (Lipinski definition) is 4. The number of anilines is 2. The molecule has 2 rings (SSSR count). The van der Waals surface area contributed by atoms with Crippen LogP contribution in [0.5, 0.6) is 0 Å². The van der Waals surface area contributed by atoms with E-state index in [0.717, 1.165) is 15.7 Å². The topological polar surface area (TPSA) is 36.4 Å². The van der Waals surface area contributed by atoms with Gasteiger partial charge < -0.3 is 10.0 Å². The number of hydrogen-bond donors (Lipinski definition) is 1. The van der Waals surface area contributed by atoms with Gasteiger partial charge in [-0.25, -0.2) is 9.37 Å². The molecule has 0 aliphatic heterocycles. The molecule has 3 nitrogen and oxygen atoms in total. The summed E-state index contributed by atoms with van der Waals surface area (Å²) in [6.07, 6.45) is 1.64. The summed E-state index contributed by atoms with van der Waals surface area (Å²) in [7, 11) is 1.85. The van der Waals surface area contributed by atoms with Gasteiger partial charge in [0.05, 0.1) is 11.5 Å². The lowest BCUT2D eigenvalue weighted by Crippen LogP contribution is -2.08. The zero-order valence-corrected chi connectivity index (χ0v) is 9.54. The molecule has 0 aliphatic rings. The summed E-state index contributed by atoms with van der Waals surface area (Å²) < 4.78 is 12.7. The molecule has 0 aliphatic carbocycles. The predicted molar refractivity (Wildman–Crippen MR) is 62.5 cm³/mol. The molecular formula is C11H11FN2OS. The van der Waals surface area contributed by atoms with Crippen molar-refractivity contribution >= 4 is 22.2 Å². The molecule has 0 unspecified atom stereocenters. The molecule has 84 valence electrons. The maximum atomic E-state index is 12.7. The Morgan fingerprint density at radius 1 is 1.38 bits per heavy atom. The number of nitrogens with zero attached hydrogens (tertiary/aromatic N) is 2. The van der Waals surface area contributed by atoms with Crippen molar-refractivity contribution in [3.8, 4) is 0 Å². The van der Waals surface area contributed by atoms with Gasteiger partial charge in [0.1, 0.15) is 5.82 Å². The third kappa shape index (κ3) is 2.20. The number of benzene rings is 1. The monoisotopic (exact) mass is 238 g/mol. The van der Waals surface area contributed by atoms with Gasteiger partial charge in [0, 0.05) is 18.9 Å². The first-order valence-electron chi connectivity index (χ1n) is 4.75. The average Bonchev–Trinajstić information content (AvgIpc) is 2.77. The maximum Gasteiger partial charge on any atom is 0.189 e. The van der Waals surface area contributed by atoms with E-state index in [1.54, 1.807) is 18.3 Å². The SMILES string of the molecule is CN(c1ccc(F)cc1)c1ncc(CO)s1. The lowest BCUT2D eigenvalue weighted by Gasteiger charge is -2.15. The highest BCUT2D eigenvalue weighted by molar-refractivity contribution is 7.15. The van der Waals surface area contributed by atoms with Crippen molar-refractivity contribution in [2.75, 3.05) is 11.9 Å². The third-order valence-corrected chi connectivity index (χ3v) is 3.26. The minimum Gasteiger partial charge on any atom is -0.391 e. The molecule has 2 aromatic rings. The van der Waals surface area contributed by atoms with Gasteiger partial charge in [-0.3, -0.25) is 0 Å². The van der Waals surface area contributed by atoms with Gasteiger partial charge in [0.2, 0.25) is 0 Å². The Bertz CT molecular complexity index is 469. The van der Waals surface area contributed by atoms with Gasteiger partial charge in [0.25, 0.3) is 0 Å². The minimum atomic E-state index is -0.257. The van der Waals surface area contributed by atoms with Gasteiger partial charge in [0.15, 0.2) is 5.13 Å². The van der Waals surface area contributed by atoms with Crippen LogP contribution in [-0.2, 0) is 6.61 Å². The normalized spacial score (nSPS) is 10.4. The molecule has 0 saturated carbocycles. The van der Waals surface area contributed by atoms with Crippen molar-refractivity contribution < 1.29 is 9.50 Å². The number of aliphatic hydroxyl groups is 1. The lowest BCUT2D eigenvalue weighted by atomic mass is 10.3. The average molecular weight is 238 g/mol. The predicted octanol–water partition coefficient (Wildman–Crippen LogP) is 2.54. The van der Waals surface area contributed by atoms with Crippen LogP contribution < -0.4 is 4.90 Å². The smallest absolute Gasteiger partial charge is 0.189 e. The quantitative estimate of drug-likeness (QED) is 0.892. The van der Waals surface area contributed by atoms with Crippen LogP contribution in [0, 0.1) is 5.82 Å². The van der Waals surface area contributed by atoms with Crippen LogP contribution in [0.4, 0.5) is 15.2 Å². The van der Waals surface area contributed by atoms with Crippen molar-refractivity contribution in [1.29, 1.82) is 0 Å². The van der Waals surface area contributed by atoms with E-state index in [9.17, 15) is 4.39 Å². The fourth-order valence-corrected chi connectivity index (χ4v) is 2.05. The van der Waals surface area contributed by atoms with Crippen LogP contribution in [0.1, 0.15) is 4.88 Å². The number of aliphatic hydroxyl groups excluding tert-OH is 1. The van der Waals surface area contributed by atoms with Gasteiger partial charge in [-0.1, -0.05) is 11.3 Å². The second kappa shape index (κ2) is 4.59. The Hall–Kier alpha value is -1.46. The van der Waals surface area contributed by atoms with Gasteiger partial charge >= 0.3 is 0 Å². The summed E-state index contributed by atoms with van der Waals surface area (Å²) in [5.41, 5.74) is 0.861. The summed E-state index contributed by atoms with van der Waals surface area (Å²) in [4.78, 5) is 6.84. The molecule has 0 atom stereocenters. The largest absolute Gasteiger partial charge is 0.391 e. The zero-order valence-electron chi connectivity index (χ0n) is 8.72. The molecule has 0 saturated heterocycles. The van der Waals surface area contributed by atoms with Crippen LogP contribution >= 0.6 is 11.3 Å². The van der Waals surface area contributed by atoms with Crippen LogP contribution in [-0.4, -0.2) is 17.1 Å². The van der Waals surface area contributed by atoms with E-state index >= 15 is 0 Å². The molecular weight excluding hydrogens is 227 g/mol. The highest BCUT2D eigenvalue weighted by Crippen LogP contribution is 2.27. The fraction of sp³-hybridized carbons (Fsp3) is 0.182. The first kappa shape index (κ1) is 11.0. The van der Waals surface area contributed by atoms with E-state index in [-0.39, 0.29) is 12.4 Å². The number of aromatic nitrogens is 1. The molecule has 0 bridgehead atoms. The Balaban J connectivity index is 2.24. The summed E-state index contributed by atoms with van der Waals surface area (Å²) in [6, 6.07) is 6.20. The first-order chi connectivity index (χ1) is 7.70. The molecule has 5 heteroatoms. The Labute approximate surface area is 96.8 Å². The van der Waals surface area contributed by atoms with Crippen molar-refractivity contribution in [3.05, 3.63) is 41.2 Å². The summed E-state index contributed by atoms with van der Waals surface area (Å²) in [6.45, 7) is -0.00504. The van der Waals surface area contributed by atoms with E-state index in [1.165, 1.54) is 23.5 Å². The van der Waals surface area contributed by atoms with Crippen molar-refractivity contribution in [1.82, 2.24) is 4.98 Å².